The summed E-state index contributed by atoms with van der Waals surface area (Å²) >= 11 is 0. The van der Waals surface area contributed by atoms with Crippen molar-refractivity contribution in [1.29, 1.82) is 0 Å². The quantitative estimate of drug-likeness (QED) is 0.810. The number of ether oxygens (including phenoxy) is 1. The Kier molecular flexibility index (Phi) is 3.80. The highest BCUT2D eigenvalue weighted by Gasteiger charge is 2.51. The van der Waals surface area contributed by atoms with Gasteiger partial charge in [0.1, 0.15) is 0 Å². The number of carbonyl (C=O) groups is 1. The van der Waals surface area contributed by atoms with Crippen LogP contribution in [0.5, 0.6) is 0 Å². The summed E-state index contributed by atoms with van der Waals surface area (Å²) in [5.41, 5.74) is 6.06. The molecule has 0 saturated heterocycles. The molecule has 4 nitrogen and oxygen atoms in total. The van der Waals surface area contributed by atoms with Gasteiger partial charge in [0.05, 0.1) is 12.5 Å². The van der Waals surface area contributed by atoms with Gasteiger partial charge in [-0.2, -0.15) is 5.10 Å². The van der Waals surface area contributed by atoms with Crippen LogP contribution >= 0.6 is 0 Å². The third-order valence-electron chi connectivity index (χ3n) is 5.22. The number of rotatable bonds is 4. The van der Waals surface area contributed by atoms with E-state index in [0.29, 0.717) is 36.2 Å². The highest BCUT2D eigenvalue weighted by atomic mass is 16.5. The number of hydrogen-bond donors (Lipinski definition) is 1. The zero-order valence-corrected chi connectivity index (χ0v) is 13.4. The number of esters is 1. The van der Waals surface area contributed by atoms with Gasteiger partial charge in [-0.05, 0) is 36.2 Å². The van der Waals surface area contributed by atoms with Crippen LogP contribution in [0.15, 0.2) is 16.4 Å². The van der Waals surface area contributed by atoms with Gasteiger partial charge in [0, 0.05) is 23.7 Å². The molecule has 1 aliphatic heterocycles. The minimum atomic E-state index is -0.0734. The van der Waals surface area contributed by atoms with Crippen LogP contribution < -0.4 is 5.43 Å². The fourth-order valence-corrected chi connectivity index (χ4v) is 4.18. The molecule has 0 radical (unpaired) electrons. The number of hydrazone groups is 1. The smallest absolute Gasteiger partial charge is 0.308 e. The van der Waals surface area contributed by atoms with Gasteiger partial charge in [-0.15, -0.1) is 0 Å². The van der Waals surface area contributed by atoms with E-state index < -0.39 is 0 Å². The number of hydrogen-bond acceptors (Lipinski definition) is 4. The fraction of sp³-hybridized carbons (Fsp3) is 0.765. The highest BCUT2D eigenvalue weighted by molar-refractivity contribution is 5.71. The average Bonchev–Trinajstić information content (AvgIpc) is 3.02. The van der Waals surface area contributed by atoms with Crippen molar-refractivity contribution in [2.24, 2.45) is 40.6 Å². The van der Waals surface area contributed by atoms with Gasteiger partial charge in [0.15, 0.2) is 0 Å². The summed E-state index contributed by atoms with van der Waals surface area (Å²) in [5, 5.41) is 4.35. The first-order valence-corrected chi connectivity index (χ1v) is 8.18. The summed E-state index contributed by atoms with van der Waals surface area (Å²) in [5.74, 6) is 2.62. The minimum Gasteiger partial charge on any atom is -0.465 e. The predicted molar refractivity (Wildman–Crippen MR) is 82.5 cm³/mol. The molecule has 2 aliphatic carbocycles. The van der Waals surface area contributed by atoms with Crippen molar-refractivity contribution in [3.63, 3.8) is 0 Å². The average molecular weight is 290 g/mol. The number of fused-ring (bicyclic) bond motifs is 5. The fourth-order valence-electron chi connectivity index (χ4n) is 4.18. The van der Waals surface area contributed by atoms with Crippen molar-refractivity contribution < 1.29 is 9.53 Å². The standard InChI is InChI=1S/C17H26N2O2/c1-9(2)16-15-13-6-11(14(15)7-18-19-16)5-12(13)8-21-17(20)10(3)4/h7,9-14,19H,5-6,8H2,1-4H3. The molecule has 0 amide bonds. The van der Waals surface area contributed by atoms with Crippen LogP contribution in [0.25, 0.3) is 0 Å². The number of carbonyl (C=O) groups excluding carboxylic acids is 1. The SMILES string of the molecule is CC(C)C(=O)OCC1CC2CC1C1=C(C(C)C)NN=CC12. The van der Waals surface area contributed by atoms with E-state index in [2.05, 4.69) is 30.6 Å². The van der Waals surface area contributed by atoms with Gasteiger partial charge in [-0.3, -0.25) is 10.2 Å². The molecule has 2 bridgehead atoms. The molecule has 0 spiro atoms. The molecule has 2 fully saturated rings. The maximum absolute atomic E-state index is 11.7. The number of nitrogens with zero attached hydrogens (tertiary/aromatic N) is 1. The third-order valence-corrected chi connectivity index (χ3v) is 5.22. The molecule has 0 aromatic carbocycles. The van der Waals surface area contributed by atoms with Gasteiger partial charge < -0.3 is 4.74 Å². The molecule has 2 saturated carbocycles. The molecule has 4 atom stereocenters. The first-order valence-electron chi connectivity index (χ1n) is 8.18. The Bertz CT molecular complexity index is 493. The van der Waals surface area contributed by atoms with Gasteiger partial charge >= 0.3 is 5.97 Å². The lowest BCUT2D eigenvalue weighted by molar-refractivity contribution is -0.149. The van der Waals surface area contributed by atoms with Crippen LogP contribution in [-0.2, 0) is 9.53 Å². The molecule has 4 unspecified atom stereocenters. The lowest BCUT2D eigenvalue weighted by Crippen LogP contribution is -2.33. The molecule has 3 aliphatic rings. The van der Waals surface area contributed by atoms with E-state index in [4.69, 9.17) is 4.74 Å². The zero-order chi connectivity index (χ0) is 15.1. The van der Waals surface area contributed by atoms with Crippen molar-refractivity contribution in [3.8, 4) is 0 Å². The molecular formula is C17H26N2O2. The summed E-state index contributed by atoms with van der Waals surface area (Å²) in [4.78, 5) is 11.7. The second-order valence-electron chi connectivity index (χ2n) is 7.32. The van der Waals surface area contributed by atoms with Gasteiger partial charge in [0.25, 0.3) is 0 Å². The van der Waals surface area contributed by atoms with Crippen molar-refractivity contribution in [3.05, 3.63) is 11.3 Å². The lowest BCUT2D eigenvalue weighted by Gasteiger charge is -2.34. The minimum absolute atomic E-state index is 0.0368. The summed E-state index contributed by atoms with van der Waals surface area (Å²) in [6.07, 6.45) is 4.48. The van der Waals surface area contributed by atoms with Crippen LogP contribution in [0, 0.1) is 35.5 Å². The maximum Gasteiger partial charge on any atom is 0.308 e. The second-order valence-corrected chi connectivity index (χ2v) is 7.32. The largest absolute Gasteiger partial charge is 0.465 e. The number of allylic oxidation sites excluding steroid dienone is 2. The zero-order valence-electron chi connectivity index (χ0n) is 13.4. The van der Waals surface area contributed by atoms with Crippen molar-refractivity contribution >= 4 is 12.2 Å². The molecule has 1 N–H and O–H groups in total. The van der Waals surface area contributed by atoms with Gasteiger partial charge in [0.2, 0.25) is 0 Å². The van der Waals surface area contributed by atoms with E-state index in [1.54, 1.807) is 5.57 Å². The Morgan fingerprint density at radius 1 is 1.38 bits per heavy atom. The number of nitrogens with one attached hydrogen (secondary N) is 1. The van der Waals surface area contributed by atoms with E-state index in [0.717, 1.165) is 0 Å². The Morgan fingerprint density at radius 2 is 2.14 bits per heavy atom. The molecule has 21 heavy (non-hydrogen) atoms. The van der Waals surface area contributed by atoms with E-state index in [-0.39, 0.29) is 11.9 Å². The van der Waals surface area contributed by atoms with Crippen LogP contribution in [0.4, 0.5) is 0 Å². The van der Waals surface area contributed by atoms with Crippen molar-refractivity contribution in [1.82, 2.24) is 5.43 Å². The molecule has 1 heterocycles. The predicted octanol–water partition coefficient (Wildman–Crippen LogP) is 2.96. The Morgan fingerprint density at radius 3 is 2.81 bits per heavy atom. The maximum atomic E-state index is 11.7. The van der Waals surface area contributed by atoms with Crippen LogP contribution in [0.3, 0.4) is 0 Å². The summed E-state index contributed by atoms with van der Waals surface area (Å²) in [7, 11) is 0. The second kappa shape index (κ2) is 5.47. The van der Waals surface area contributed by atoms with E-state index in [9.17, 15) is 4.79 Å². The van der Waals surface area contributed by atoms with E-state index in [1.165, 1.54) is 18.5 Å². The first kappa shape index (κ1) is 14.6. The van der Waals surface area contributed by atoms with Crippen LogP contribution in [0.1, 0.15) is 40.5 Å². The Balaban J connectivity index is 1.74. The Hall–Kier alpha value is -1.32. The summed E-state index contributed by atoms with van der Waals surface area (Å²) in [6, 6.07) is 0. The monoisotopic (exact) mass is 290 g/mol. The molecular weight excluding hydrogens is 264 g/mol. The normalized spacial score (nSPS) is 33.6. The van der Waals surface area contributed by atoms with Crippen LogP contribution in [-0.4, -0.2) is 18.8 Å². The molecule has 4 heteroatoms. The van der Waals surface area contributed by atoms with Crippen molar-refractivity contribution in [2.45, 2.75) is 40.5 Å². The summed E-state index contributed by atoms with van der Waals surface area (Å²) in [6.45, 7) is 8.79. The van der Waals surface area contributed by atoms with E-state index >= 15 is 0 Å². The lowest BCUT2D eigenvalue weighted by atomic mass is 9.76. The van der Waals surface area contributed by atoms with Gasteiger partial charge in [-0.1, -0.05) is 27.7 Å². The molecule has 116 valence electrons. The highest BCUT2D eigenvalue weighted by Crippen LogP contribution is 2.56. The first-order chi connectivity index (χ1) is 9.99. The third kappa shape index (κ3) is 2.49. The Labute approximate surface area is 127 Å². The topological polar surface area (TPSA) is 50.7 Å². The van der Waals surface area contributed by atoms with Gasteiger partial charge in [-0.25, -0.2) is 0 Å². The molecule has 3 rings (SSSR count). The van der Waals surface area contributed by atoms with Crippen LogP contribution in [0.2, 0.25) is 0 Å². The van der Waals surface area contributed by atoms with Crippen molar-refractivity contribution in [2.75, 3.05) is 6.61 Å². The van der Waals surface area contributed by atoms with E-state index in [1.807, 2.05) is 13.8 Å². The molecule has 0 aromatic rings. The molecule has 0 aromatic heterocycles. The summed E-state index contributed by atoms with van der Waals surface area (Å²) < 4.78 is 5.50.